The molecule has 5 aromatic rings. The van der Waals surface area contributed by atoms with Gasteiger partial charge in [0.05, 0.1) is 35.7 Å². The van der Waals surface area contributed by atoms with Crippen LogP contribution in [0.25, 0.3) is 22.0 Å². The minimum absolute atomic E-state index is 0.152. The van der Waals surface area contributed by atoms with Gasteiger partial charge in [-0.2, -0.15) is 17.0 Å². The van der Waals surface area contributed by atoms with Crippen molar-refractivity contribution in [3.63, 3.8) is 0 Å². The number of hydrogen-bond donors (Lipinski definition) is 1. The van der Waals surface area contributed by atoms with Crippen LogP contribution in [0.1, 0.15) is 27.3 Å². The third-order valence-corrected chi connectivity index (χ3v) is 8.18. The van der Waals surface area contributed by atoms with Gasteiger partial charge in [0.1, 0.15) is 5.69 Å². The minimum atomic E-state index is -0.385. The van der Waals surface area contributed by atoms with Crippen molar-refractivity contribution in [2.75, 3.05) is 24.6 Å². The predicted octanol–water partition coefficient (Wildman–Crippen LogP) is 5.17. The summed E-state index contributed by atoms with van der Waals surface area (Å²) in [5.74, 6) is 1.59. The highest BCUT2D eigenvalue weighted by Crippen LogP contribution is 2.36. The summed E-state index contributed by atoms with van der Waals surface area (Å²) in [5.41, 5.74) is 5.06. The second-order valence-corrected chi connectivity index (χ2v) is 11.0. The molecule has 1 radical (unpaired) electrons. The van der Waals surface area contributed by atoms with Crippen LogP contribution in [0, 0.1) is 17.4 Å². The van der Waals surface area contributed by atoms with Gasteiger partial charge in [-0.3, -0.25) is 9.36 Å². The number of nitriles is 1. The van der Waals surface area contributed by atoms with Crippen LogP contribution in [0.5, 0.6) is 0 Å². The largest absolute Gasteiger partial charge is 0.336 e. The maximum Gasteiger partial charge on any atom is 0.327 e. The van der Waals surface area contributed by atoms with E-state index in [-0.39, 0.29) is 18.5 Å². The third-order valence-electron chi connectivity index (χ3n) is 7.23. The summed E-state index contributed by atoms with van der Waals surface area (Å²) in [6.45, 7) is 2.06. The van der Waals surface area contributed by atoms with E-state index in [2.05, 4.69) is 22.4 Å². The number of fused-ring (bicyclic) bond motifs is 1. The first-order chi connectivity index (χ1) is 20.1. The van der Waals surface area contributed by atoms with Crippen LogP contribution < -0.4 is 5.32 Å². The van der Waals surface area contributed by atoms with Crippen molar-refractivity contribution in [2.45, 2.75) is 13.1 Å². The molecular formula is C32H27N6O2S. The molecule has 41 heavy (non-hydrogen) atoms. The Bertz CT molecular complexity index is 1740. The molecule has 3 aromatic carbocycles. The van der Waals surface area contributed by atoms with E-state index in [0.29, 0.717) is 36.4 Å². The maximum absolute atomic E-state index is 14.1. The highest BCUT2D eigenvalue weighted by atomic mass is 32.2. The average Bonchev–Trinajstić information content (AvgIpc) is 3.62. The van der Waals surface area contributed by atoms with Gasteiger partial charge in [0.25, 0.3) is 5.91 Å². The highest BCUT2D eigenvalue weighted by Gasteiger charge is 2.30. The van der Waals surface area contributed by atoms with Crippen LogP contribution in [0.15, 0.2) is 85.3 Å². The SMILES string of the molecule is N#Cc1ccc(Cn2cncc2CNC(=O)n2c(C(=O)N3CCSCC3)c(-c3ccccc3)c3c[c]ccc32)cc1. The van der Waals surface area contributed by atoms with E-state index in [1.807, 2.05) is 75.8 Å². The van der Waals surface area contributed by atoms with Crippen LogP contribution in [-0.4, -0.2) is 55.6 Å². The van der Waals surface area contributed by atoms with Gasteiger partial charge in [0.15, 0.2) is 0 Å². The summed E-state index contributed by atoms with van der Waals surface area (Å²) in [4.78, 5) is 34.2. The van der Waals surface area contributed by atoms with Gasteiger partial charge in [-0.05, 0) is 41.5 Å². The Kier molecular flexibility index (Phi) is 7.56. The molecule has 1 N–H and O–H groups in total. The van der Waals surface area contributed by atoms with Crippen molar-refractivity contribution in [1.29, 1.82) is 5.26 Å². The Balaban J connectivity index is 1.35. The predicted molar refractivity (Wildman–Crippen MR) is 160 cm³/mol. The van der Waals surface area contributed by atoms with Crippen LogP contribution in [0.3, 0.4) is 0 Å². The highest BCUT2D eigenvalue weighted by molar-refractivity contribution is 7.99. The normalized spacial score (nSPS) is 13.2. The molecule has 9 heteroatoms. The molecule has 1 aliphatic rings. The van der Waals surface area contributed by atoms with Gasteiger partial charge < -0.3 is 14.8 Å². The Morgan fingerprint density at radius 1 is 1.05 bits per heavy atom. The summed E-state index contributed by atoms with van der Waals surface area (Å²) >= 11 is 1.83. The number of carbonyl (C=O) groups excluding carboxylic acids is 2. The van der Waals surface area contributed by atoms with Crippen molar-refractivity contribution in [3.05, 3.63) is 114 Å². The second kappa shape index (κ2) is 11.7. The lowest BCUT2D eigenvalue weighted by molar-refractivity contribution is 0.0764. The molecule has 6 rings (SSSR count). The molecule has 2 aromatic heterocycles. The lowest BCUT2D eigenvalue weighted by Gasteiger charge is -2.27. The molecule has 1 fully saturated rings. The number of carbonyl (C=O) groups is 2. The van der Waals surface area contributed by atoms with Crippen LogP contribution >= 0.6 is 11.8 Å². The summed E-state index contributed by atoms with van der Waals surface area (Å²) in [7, 11) is 0. The molecule has 1 saturated heterocycles. The van der Waals surface area contributed by atoms with Gasteiger partial charge in [0, 0.05) is 48.3 Å². The lowest BCUT2D eigenvalue weighted by Crippen LogP contribution is -2.40. The molecule has 0 aliphatic carbocycles. The van der Waals surface area contributed by atoms with E-state index in [1.54, 1.807) is 30.7 Å². The Hall–Kier alpha value is -4.81. The van der Waals surface area contributed by atoms with Gasteiger partial charge in [-0.25, -0.2) is 9.78 Å². The number of amides is 2. The molecule has 203 valence electrons. The molecule has 3 heterocycles. The maximum atomic E-state index is 14.1. The zero-order valence-electron chi connectivity index (χ0n) is 22.3. The first-order valence-corrected chi connectivity index (χ1v) is 14.5. The Morgan fingerprint density at radius 2 is 1.83 bits per heavy atom. The van der Waals surface area contributed by atoms with Crippen LogP contribution in [0.4, 0.5) is 4.79 Å². The summed E-state index contributed by atoms with van der Waals surface area (Å²) in [6, 6.07) is 27.4. The van der Waals surface area contributed by atoms with Gasteiger partial charge >= 0.3 is 6.03 Å². The van der Waals surface area contributed by atoms with E-state index < -0.39 is 0 Å². The lowest BCUT2D eigenvalue weighted by atomic mass is 10.0. The summed E-state index contributed by atoms with van der Waals surface area (Å²) in [5, 5.41) is 12.9. The molecule has 2 amide bonds. The fraction of sp³-hybridized carbons (Fsp3) is 0.188. The number of nitrogens with zero attached hydrogens (tertiary/aromatic N) is 5. The number of thioether (sulfide) groups is 1. The van der Waals surface area contributed by atoms with Gasteiger partial charge in [-0.15, -0.1) is 0 Å². The first kappa shape index (κ1) is 26.4. The molecular weight excluding hydrogens is 532 g/mol. The molecule has 0 saturated carbocycles. The fourth-order valence-corrected chi connectivity index (χ4v) is 6.07. The minimum Gasteiger partial charge on any atom is -0.336 e. The van der Waals surface area contributed by atoms with E-state index in [1.165, 1.54) is 4.57 Å². The van der Waals surface area contributed by atoms with Crippen LogP contribution in [0.2, 0.25) is 0 Å². The van der Waals surface area contributed by atoms with Crippen molar-refractivity contribution in [3.8, 4) is 17.2 Å². The number of hydrogen-bond acceptors (Lipinski definition) is 5. The number of nitrogens with one attached hydrogen (secondary N) is 1. The standard InChI is InChI=1S/C32H27N6O2S/c33-18-23-10-12-24(13-11-23)21-37-22-34-19-26(37)20-35-32(40)38-28-9-5-4-8-27(28)29(25-6-2-1-3-7-25)30(38)31(39)36-14-16-41-17-15-36/h1-3,5-13,19,22H,14-17,20-21H2,(H,35,40). The average molecular weight is 560 g/mol. The van der Waals surface area contributed by atoms with Crippen molar-refractivity contribution in [1.82, 2.24) is 24.3 Å². The van der Waals surface area contributed by atoms with E-state index in [9.17, 15) is 9.59 Å². The van der Waals surface area contributed by atoms with Crippen LogP contribution in [-0.2, 0) is 13.1 Å². The molecule has 0 bridgehead atoms. The smallest absolute Gasteiger partial charge is 0.327 e. The fourth-order valence-electron chi connectivity index (χ4n) is 5.17. The Morgan fingerprint density at radius 3 is 2.59 bits per heavy atom. The first-order valence-electron chi connectivity index (χ1n) is 13.4. The topological polar surface area (TPSA) is 96.0 Å². The zero-order valence-corrected chi connectivity index (χ0v) is 23.1. The van der Waals surface area contributed by atoms with E-state index in [0.717, 1.165) is 39.3 Å². The number of rotatable bonds is 6. The zero-order chi connectivity index (χ0) is 28.2. The number of aromatic nitrogens is 3. The number of imidazole rings is 1. The van der Waals surface area contributed by atoms with Crippen molar-refractivity contribution < 1.29 is 9.59 Å². The Labute approximate surface area is 242 Å². The van der Waals surface area contributed by atoms with Gasteiger partial charge in [0.2, 0.25) is 0 Å². The molecule has 8 nitrogen and oxygen atoms in total. The number of benzene rings is 3. The quantitative estimate of drug-likeness (QED) is 0.310. The summed E-state index contributed by atoms with van der Waals surface area (Å²) < 4.78 is 3.48. The van der Waals surface area contributed by atoms with E-state index >= 15 is 0 Å². The molecule has 1 aliphatic heterocycles. The molecule has 0 unspecified atom stereocenters. The summed E-state index contributed by atoms with van der Waals surface area (Å²) in [6.07, 6.45) is 3.44. The van der Waals surface area contributed by atoms with Crippen molar-refractivity contribution >= 4 is 34.6 Å². The molecule has 0 atom stereocenters. The third kappa shape index (κ3) is 5.34. The van der Waals surface area contributed by atoms with E-state index in [4.69, 9.17) is 5.26 Å². The second-order valence-electron chi connectivity index (χ2n) is 9.75. The van der Waals surface area contributed by atoms with Crippen molar-refractivity contribution in [2.24, 2.45) is 0 Å². The molecule has 0 spiro atoms. The van der Waals surface area contributed by atoms with Gasteiger partial charge in [-0.1, -0.05) is 48.5 Å². The monoisotopic (exact) mass is 559 g/mol.